The van der Waals surface area contributed by atoms with Crippen LogP contribution in [0.3, 0.4) is 0 Å². The van der Waals surface area contributed by atoms with Crippen LogP contribution in [0.1, 0.15) is 40.5 Å². The number of hydrogen-bond donors (Lipinski definition) is 1. The zero-order valence-electron chi connectivity index (χ0n) is 9.35. The van der Waals surface area contributed by atoms with Gasteiger partial charge in [-0.05, 0) is 33.3 Å². The fraction of sp³-hybridized carbons (Fsp3) is 0.727. The van der Waals surface area contributed by atoms with Gasteiger partial charge in [0.05, 0.1) is 0 Å². The van der Waals surface area contributed by atoms with Gasteiger partial charge in [0.25, 0.3) is 0 Å². The van der Waals surface area contributed by atoms with Gasteiger partial charge in [-0.25, -0.2) is 0 Å². The Labute approximate surface area is 82.1 Å². The molecule has 0 spiro atoms. The Morgan fingerprint density at radius 3 is 2.54 bits per heavy atom. The van der Waals surface area contributed by atoms with Crippen LogP contribution in [0.25, 0.3) is 0 Å². The van der Waals surface area contributed by atoms with E-state index in [9.17, 15) is 0 Å². The smallest absolute Gasteiger partial charge is 0.0392 e. The molecule has 0 aromatic carbocycles. The number of unbranched alkanes of at least 4 members (excludes halogenated alkanes) is 1. The largest absolute Gasteiger partial charge is 0.389 e. The van der Waals surface area contributed by atoms with Crippen molar-refractivity contribution in [3.05, 3.63) is 11.8 Å². The third-order valence-electron chi connectivity index (χ3n) is 1.75. The number of nitrogens with zero attached hydrogens (tertiary/aromatic N) is 1. The lowest BCUT2D eigenvalue weighted by Crippen LogP contribution is -2.10. The van der Waals surface area contributed by atoms with E-state index in [4.69, 9.17) is 0 Å². The van der Waals surface area contributed by atoms with E-state index >= 15 is 0 Å². The van der Waals surface area contributed by atoms with Crippen LogP contribution in [0.2, 0.25) is 0 Å². The van der Waals surface area contributed by atoms with Crippen LogP contribution < -0.4 is 5.32 Å². The first-order valence-electron chi connectivity index (χ1n) is 5.13. The molecule has 0 saturated carbocycles. The van der Waals surface area contributed by atoms with Gasteiger partial charge >= 0.3 is 0 Å². The summed E-state index contributed by atoms with van der Waals surface area (Å²) in [6.07, 6.45) is 4.50. The zero-order chi connectivity index (χ0) is 10.1. The van der Waals surface area contributed by atoms with Crippen LogP contribution in [0.15, 0.2) is 16.8 Å². The summed E-state index contributed by atoms with van der Waals surface area (Å²) in [5.74, 6) is 0. The molecule has 0 unspecified atom stereocenters. The van der Waals surface area contributed by atoms with Gasteiger partial charge in [-0.1, -0.05) is 13.3 Å². The molecule has 2 nitrogen and oxygen atoms in total. The highest BCUT2D eigenvalue weighted by molar-refractivity contribution is 5.93. The number of allylic oxidation sites excluding steroid dienone is 2. The highest BCUT2D eigenvalue weighted by atomic mass is 14.9. The van der Waals surface area contributed by atoms with Crippen molar-refractivity contribution < 1.29 is 0 Å². The van der Waals surface area contributed by atoms with Crippen LogP contribution in [0.5, 0.6) is 0 Å². The van der Waals surface area contributed by atoms with Gasteiger partial charge in [-0.15, -0.1) is 0 Å². The molecule has 0 radical (unpaired) electrons. The van der Waals surface area contributed by atoms with Gasteiger partial charge in [0.15, 0.2) is 0 Å². The minimum atomic E-state index is 0.957. The van der Waals surface area contributed by atoms with Crippen molar-refractivity contribution in [3.63, 3.8) is 0 Å². The second-order valence-electron chi connectivity index (χ2n) is 3.23. The summed E-state index contributed by atoms with van der Waals surface area (Å²) in [5.41, 5.74) is 2.31. The predicted molar refractivity (Wildman–Crippen MR) is 60.3 cm³/mol. The summed E-state index contributed by atoms with van der Waals surface area (Å²) in [7, 11) is 0. The summed E-state index contributed by atoms with van der Waals surface area (Å²) in [5, 5.41) is 3.25. The number of hydrogen-bond acceptors (Lipinski definition) is 2. The Hall–Kier alpha value is -0.790. The third-order valence-corrected chi connectivity index (χ3v) is 1.75. The average Bonchev–Trinajstić information content (AvgIpc) is 2.05. The lowest BCUT2D eigenvalue weighted by Gasteiger charge is -2.02. The van der Waals surface area contributed by atoms with Crippen LogP contribution >= 0.6 is 0 Å². The average molecular weight is 182 g/mol. The Kier molecular flexibility index (Phi) is 7.36. The molecule has 0 atom stereocenters. The number of nitrogens with one attached hydrogen (secondary N) is 1. The molecule has 0 saturated heterocycles. The topological polar surface area (TPSA) is 24.4 Å². The van der Waals surface area contributed by atoms with Crippen molar-refractivity contribution in [2.75, 3.05) is 13.1 Å². The standard InChI is InChI=1S/C11H22N2/c1-5-7-8-13-11(4)9-10(3)12-6-2/h9,12H,5-8H2,1-4H3/b10-9-,13-11+. The van der Waals surface area contributed by atoms with E-state index in [0.717, 1.165) is 18.8 Å². The molecule has 0 rings (SSSR count). The summed E-state index contributed by atoms with van der Waals surface area (Å²) in [6.45, 7) is 10.3. The van der Waals surface area contributed by atoms with Gasteiger partial charge in [0, 0.05) is 24.5 Å². The van der Waals surface area contributed by atoms with Crippen molar-refractivity contribution in [3.8, 4) is 0 Å². The van der Waals surface area contributed by atoms with Crippen LogP contribution in [0, 0.1) is 0 Å². The third kappa shape index (κ3) is 7.57. The van der Waals surface area contributed by atoms with Gasteiger partial charge in [-0.2, -0.15) is 0 Å². The maximum absolute atomic E-state index is 4.44. The van der Waals surface area contributed by atoms with E-state index in [0.29, 0.717) is 0 Å². The van der Waals surface area contributed by atoms with E-state index < -0.39 is 0 Å². The lowest BCUT2D eigenvalue weighted by atomic mass is 10.3. The Morgan fingerprint density at radius 1 is 1.31 bits per heavy atom. The molecule has 2 heteroatoms. The monoisotopic (exact) mass is 182 g/mol. The van der Waals surface area contributed by atoms with E-state index in [2.05, 4.69) is 44.1 Å². The molecule has 0 aliphatic heterocycles. The summed E-state index contributed by atoms with van der Waals surface area (Å²) < 4.78 is 0. The number of aliphatic imine (C=N–C) groups is 1. The fourth-order valence-electron chi connectivity index (χ4n) is 1.10. The minimum absolute atomic E-state index is 0.957. The van der Waals surface area contributed by atoms with Crippen LogP contribution in [-0.2, 0) is 0 Å². The first-order valence-corrected chi connectivity index (χ1v) is 5.13. The molecule has 1 N–H and O–H groups in total. The Morgan fingerprint density at radius 2 is 2.00 bits per heavy atom. The molecule has 0 aliphatic rings. The van der Waals surface area contributed by atoms with Gasteiger partial charge in [-0.3, -0.25) is 4.99 Å². The Balaban J connectivity index is 3.88. The lowest BCUT2D eigenvalue weighted by molar-refractivity contribution is 0.807. The second-order valence-corrected chi connectivity index (χ2v) is 3.23. The van der Waals surface area contributed by atoms with Gasteiger partial charge in [0.2, 0.25) is 0 Å². The molecule has 0 aromatic rings. The van der Waals surface area contributed by atoms with Crippen molar-refractivity contribution in [2.45, 2.75) is 40.5 Å². The molecular formula is C11H22N2. The van der Waals surface area contributed by atoms with Crippen molar-refractivity contribution in [2.24, 2.45) is 4.99 Å². The van der Waals surface area contributed by atoms with Gasteiger partial charge in [0.1, 0.15) is 0 Å². The molecule has 0 bridgehead atoms. The zero-order valence-corrected chi connectivity index (χ0v) is 9.35. The molecule has 0 heterocycles. The van der Waals surface area contributed by atoms with Crippen LogP contribution in [0.4, 0.5) is 0 Å². The summed E-state index contributed by atoms with van der Waals surface area (Å²) in [6, 6.07) is 0. The quantitative estimate of drug-likeness (QED) is 0.496. The summed E-state index contributed by atoms with van der Waals surface area (Å²) in [4.78, 5) is 4.44. The van der Waals surface area contributed by atoms with Gasteiger partial charge < -0.3 is 5.32 Å². The molecule has 13 heavy (non-hydrogen) atoms. The molecular weight excluding hydrogens is 160 g/mol. The first-order chi connectivity index (χ1) is 6.20. The summed E-state index contributed by atoms with van der Waals surface area (Å²) >= 11 is 0. The van der Waals surface area contributed by atoms with E-state index in [1.54, 1.807) is 0 Å². The normalized spacial score (nSPS) is 13.2. The van der Waals surface area contributed by atoms with Crippen molar-refractivity contribution in [1.29, 1.82) is 0 Å². The first kappa shape index (κ1) is 12.2. The molecule has 76 valence electrons. The molecule has 0 aliphatic carbocycles. The maximum atomic E-state index is 4.44. The highest BCUT2D eigenvalue weighted by Crippen LogP contribution is 1.92. The van der Waals surface area contributed by atoms with Crippen LogP contribution in [-0.4, -0.2) is 18.8 Å². The maximum Gasteiger partial charge on any atom is 0.0392 e. The van der Waals surface area contributed by atoms with E-state index in [1.165, 1.54) is 18.5 Å². The molecule has 0 amide bonds. The molecule has 0 aromatic heterocycles. The molecule has 0 fully saturated rings. The Bertz CT molecular complexity index is 181. The minimum Gasteiger partial charge on any atom is -0.389 e. The van der Waals surface area contributed by atoms with E-state index in [1.807, 2.05) is 0 Å². The van der Waals surface area contributed by atoms with Crippen molar-refractivity contribution >= 4 is 5.71 Å². The fourth-order valence-corrected chi connectivity index (χ4v) is 1.10. The SMILES string of the molecule is CCCC/N=C(C)/C=C(/C)NCC. The van der Waals surface area contributed by atoms with Crippen molar-refractivity contribution in [1.82, 2.24) is 5.32 Å². The van der Waals surface area contributed by atoms with E-state index in [-0.39, 0.29) is 0 Å². The number of rotatable bonds is 6. The second kappa shape index (κ2) is 7.84. The predicted octanol–water partition coefficient (Wildman–Crippen LogP) is 2.76. The highest BCUT2D eigenvalue weighted by Gasteiger charge is 1.88.